The second-order valence-electron chi connectivity index (χ2n) is 6.26. The third-order valence-corrected chi connectivity index (χ3v) is 4.73. The van der Waals surface area contributed by atoms with Crippen LogP contribution < -0.4 is 5.32 Å². The van der Waals surface area contributed by atoms with Crippen LogP contribution in [0.5, 0.6) is 0 Å². The molecule has 1 aromatic carbocycles. The normalized spacial score (nSPS) is 20.0. The Balaban J connectivity index is 1.90. The largest absolute Gasteiger partial charge is 0.418 e. The SMILES string of the molecule is CN1C[C@H](c2ccc(Cl)cc2)[C@@H](C(=O)Nc2cnccc2C(F)(F)F)C1=O. The van der Waals surface area contributed by atoms with Crippen LogP contribution in [-0.2, 0) is 15.8 Å². The van der Waals surface area contributed by atoms with Crippen LogP contribution in [0.15, 0.2) is 42.7 Å². The van der Waals surface area contributed by atoms with Gasteiger partial charge in [0.1, 0.15) is 5.92 Å². The van der Waals surface area contributed by atoms with Crippen molar-refractivity contribution >= 4 is 29.1 Å². The van der Waals surface area contributed by atoms with Crippen LogP contribution >= 0.6 is 11.6 Å². The summed E-state index contributed by atoms with van der Waals surface area (Å²) in [5.41, 5.74) is -0.792. The number of rotatable bonds is 3. The van der Waals surface area contributed by atoms with E-state index < -0.39 is 41.1 Å². The number of amides is 2. The Labute approximate surface area is 158 Å². The van der Waals surface area contributed by atoms with Gasteiger partial charge in [0, 0.05) is 30.7 Å². The van der Waals surface area contributed by atoms with E-state index in [-0.39, 0.29) is 6.54 Å². The zero-order valence-corrected chi connectivity index (χ0v) is 14.9. The first-order valence-corrected chi connectivity index (χ1v) is 8.39. The Hall–Kier alpha value is -2.61. The van der Waals surface area contributed by atoms with Crippen LogP contribution in [0.1, 0.15) is 17.0 Å². The average Bonchev–Trinajstić information content (AvgIpc) is 2.90. The summed E-state index contributed by atoms with van der Waals surface area (Å²) in [7, 11) is 1.55. The molecule has 1 aliphatic rings. The number of carbonyl (C=O) groups excluding carboxylic acids is 2. The molecule has 0 radical (unpaired) electrons. The number of likely N-dealkylation sites (tertiary alicyclic amines) is 1. The number of halogens is 4. The van der Waals surface area contributed by atoms with Gasteiger partial charge in [-0.2, -0.15) is 13.2 Å². The highest BCUT2D eigenvalue weighted by molar-refractivity contribution is 6.30. The van der Waals surface area contributed by atoms with Crippen LogP contribution in [0.25, 0.3) is 0 Å². The minimum absolute atomic E-state index is 0.276. The van der Waals surface area contributed by atoms with Gasteiger partial charge < -0.3 is 10.2 Å². The summed E-state index contributed by atoms with van der Waals surface area (Å²) >= 11 is 5.87. The maximum atomic E-state index is 13.1. The molecule has 1 aromatic heterocycles. The molecule has 0 spiro atoms. The van der Waals surface area contributed by atoms with Gasteiger partial charge in [0.25, 0.3) is 0 Å². The first-order valence-electron chi connectivity index (χ1n) is 8.01. The fourth-order valence-electron chi connectivity index (χ4n) is 3.15. The molecule has 5 nitrogen and oxygen atoms in total. The van der Waals surface area contributed by atoms with Crippen molar-refractivity contribution in [1.82, 2.24) is 9.88 Å². The van der Waals surface area contributed by atoms with Crippen LogP contribution in [0.2, 0.25) is 5.02 Å². The van der Waals surface area contributed by atoms with Crippen molar-refractivity contribution in [3.8, 4) is 0 Å². The van der Waals surface area contributed by atoms with Gasteiger partial charge in [0.05, 0.1) is 17.4 Å². The molecule has 27 heavy (non-hydrogen) atoms. The molecule has 142 valence electrons. The van der Waals surface area contributed by atoms with Gasteiger partial charge in [0.2, 0.25) is 11.8 Å². The predicted molar refractivity (Wildman–Crippen MR) is 93.2 cm³/mol. The standard InChI is InChI=1S/C18H15ClF3N3O2/c1-25-9-12(10-2-4-11(19)5-3-10)15(17(25)27)16(26)24-14-8-23-7-6-13(14)18(20,21)22/h2-8,12,15H,9H2,1H3,(H,24,26)/t12-,15+/m1/s1. The molecule has 0 aliphatic carbocycles. The maximum absolute atomic E-state index is 13.1. The number of likely N-dealkylation sites (N-methyl/N-ethyl adjacent to an activating group) is 1. The molecule has 2 aromatic rings. The second-order valence-corrected chi connectivity index (χ2v) is 6.70. The van der Waals surface area contributed by atoms with Crippen LogP contribution in [0.4, 0.5) is 18.9 Å². The van der Waals surface area contributed by atoms with Gasteiger partial charge in [0.15, 0.2) is 0 Å². The molecule has 2 heterocycles. The number of hydrogen-bond acceptors (Lipinski definition) is 3. The van der Waals surface area contributed by atoms with Gasteiger partial charge in [-0.15, -0.1) is 0 Å². The van der Waals surface area contributed by atoms with Crippen molar-refractivity contribution in [2.24, 2.45) is 5.92 Å². The van der Waals surface area contributed by atoms with E-state index in [1.165, 1.54) is 4.90 Å². The van der Waals surface area contributed by atoms with E-state index in [1.54, 1.807) is 31.3 Å². The van der Waals surface area contributed by atoms with Crippen molar-refractivity contribution < 1.29 is 22.8 Å². The number of nitrogens with zero attached hydrogens (tertiary/aromatic N) is 2. The second kappa shape index (κ2) is 7.19. The van der Waals surface area contributed by atoms with E-state index in [2.05, 4.69) is 10.3 Å². The number of anilines is 1. The van der Waals surface area contributed by atoms with Gasteiger partial charge in [-0.1, -0.05) is 23.7 Å². The summed E-state index contributed by atoms with van der Waals surface area (Å²) in [4.78, 5) is 30.2. The predicted octanol–water partition coefficient (Wildman–Crippen LogP) is 3.56. The summed E-state index contributed by atoms with van der Waals surface area (Å²) in [6.07, 6.45) is -2.75. The van der Waals surface area contributed by atoms with Gasteiger partial charge >= 0.3 is 6.18 Å². The lowest BCUT2D eigenvalue weighted by molar-refractivity contribution is -0.137. The molecule has 3 rings (SSSR count). The lowest BCUT2D eigenvalue weighted by Gasteiger charge is -2.18. The first-order chi connectivity index (χ1) is 12.7. The molecule has 1 aliphatic heterocycles. The highest BCUT2D eigenvalue weighted by Gasteiger charge is 2.45. The Bertz CT molecular complexity index is 871. The van der Waals surface area contributed by atoms with Crippen molar-refractivity contribution in [1.29, 1.82) is 0 Å². The Morgan fingerprint density at radius 1 is 1.26 bits per heavy atom. The minimum atomic E-state index is -4.66. The molecular formula is C18H15ClF3N3O2. The van der Waals surface area contributed by atoms with Gasteiger partial charge in [-0.3, -0.25) is 14.6 Å². The lowest BCUT2D eigenvalue weighted by atomic mass is 9.88. The highest BCUT2D eigenvalue weighted by atomic mass is 35.5. The number of nitrogens with one attached hydrogen (secondary N) is 1. The van der Waals surface area contributed by atoms with Crippen LogP contribution in [-0.4, -0.2) is 35.3 Å². The summed E-state index contributed by atoms with van der Waals surface area (Å²) in [5, 5.41) is 2.73. The molecule has 0 unspecified atom stereocenters. The van der Waals surface area contributed by atoms with Crippen molar-refractivity contribution in [2.75, 3.05) is 18.9 Å². The van der Waals surface area contributed by atoms with E-state index in [1.807, 2.05) is 0 Å². The van der Waals surface area contributed by atoms with E-state index in [4.69, 9.17) is 11.6 Å². The van der Waals surface area contributed by atoms with E-state index in [0.29, 0.717) is 10.6 Å². The summed E-state index contributed by atoms with van der Waals surface area (Å²) in [6.45, 7) is 0.276. The molecular weight excluding hydrogens is 383 g/mol. The Morgan fingerprint density at radius 2 is 1.93 bits per heavy atom. The van der Waals surface area contributed by atoms with E-state index >= 15 is 0 Å². The zero-order valence-electron chi connectivity index (χ0n) is 14.1. The van der Waals surface area contributed by atoms with Crippen molar-refractivity contribution in [2.45, 2.75) is 12.1 Å². The van der Waals surface area contributed by atoms with Gasteiger partial charge in [-0.25, -0.2) is 0 Å². The van der Waals surface area contributed by atoms with E-state index in [9.17, 15) is 22.8 Å². The minimum Gasteiger partial charge on any atom is -0.344 e. The molecule has 2 amide bonds. The van der Waals surface area contributed by atoms with Gasteiger partial charge in [-0.05, 0) is 23.8 Å². The number of hydrogen-bond donors (Lipinski definition) is 1. The average molecular weight is 398 g/mol. The number of benzene rings is 1. The smallest absolute Gasteiger partial charge is 0.344 e. The summed E-state index contributed by atoms with van der Waals surface area (Å²) in [6, 6.07) is 7.44. The van der Waals surface area contributed by atoms with Crippen molar-refractivity contribution in [3.63, 3.8) is 0 Å². The molecule has 1 N–H and O–H groups in total. The summed E-state index contributed by atoms with van der Waals surface area (Å²) < 4.78 is 39.4. The number of carbonyl (C=O) groups is 2. The highest BCUT2D eigenvalue weighted by Crippen LogP contribution is 2.37. The fraction of sp³-hybridized carbons (Fsp3) is 0.278. The quantitative estimate of drug-likeness (QED) is 0.805. The number of pyridine rings is 1. The Morgan fingerprint density at radius 3 is 2.56 bits per heavy atom. The van der Waals surface area contributed by atoms with E-state index in [0.717, 1.165) is 18.5 Å². The Kier molecular flexibility index (Phi) is 5.10. The monoisotopic (exact) mass is 397 g/mol. The van der Waals surface area contributed by atoms with Crippen molar-refractivity contribution in [3.05, 3.63) is 58.9 Å². The summed E-state index contributed by atoms with van der Waals surface area (Å²) in [5.74, 6) is -2.89. The zero-order chi connectivity index (χ0) is 19.8. The molecule has 0 saturated carbocycles. The third kappa shape index (κ3) is 3.90. The lowest BCUT2D eigenvalue weighted by Crippen LogP contribution is -2.33. The first kappa shape index (κ1) is 19.2. The molecule has 1 saturated heterocycles. The fourth-order valence-corrected chi connectivity index (χ4v) is 3.28. The third-order valence-electron chi connectivity index (χ3n) is 4.48. The van der Waals surface area contributed by atoms with Crippen LogP contribution in [0, 0.1) is 5.92 Å². The molecule has 1 fully saturated rings. The number of alkyl halides is 3. The van der Waals surface area contributed by atoms with Crippen LogP contribution in [0.3, 0.4) is 0 Å². The molecule has 0 bridgehead atoms. The molecule has 2 atom stereocenters. The number of aromatic nitrogens is 1. The maximum Gasteiger partial charge on any atom is 0.418 e. The topological polar surface area (TPSA) is 62.3 Å². The molecule has 9 heteroatoms.